The molecule has 2 aromatic heterocycles. The van der Waals surface area contributed by atoms with Crippen LogP contribution in [0.25, 0.3) is 10.2 Å². The number of thioether (sulfide) groups is 1. The molecule has 1 aliphatic carbocycles. The van der Waals surface area contributed by atoms with Gasteiger partial charge >= 0.3 is 0 Å². The number of carbonyl (C=O) groups is 1. The molecule has 0 aliphatic heterocycles. The number of thiophene rings is 1. The van der Waals surface area contributed by atoms with Gasteiger partial charge in [0.2, 0.25) is 5.91 Å². The molecule has 0 saturated carbocycles. The third kappa shape index (κ3) is 5.00. The fourth-order valence-corrected chi connectivity index (χ4v) is 5.51. The molecule has 1 aromatic carbocycles. The van der Waals surface area contributed by atoms with Crippen LogP contribution in [0.1, 0.15) is 29.1 Å². The van der Waals surface area contributed by atoms with Gasteiger partial charge in [-0.3, -0.25) is 9.59 Å². The maximum absolute atomic E-state index is 12.4. The minimum Gasteiger partial charge on any atom is -0.385 e. The molecule has 8 heteroatoms. The van der Waals surface area contributed by atoms with Crippen LogP contribution < -0.4 is 16.2 Å². The van der Waals surface area contributed by atoms with Gasteiger partial charge in [-0.25, -0.2) is 4.98 Å². The Kier molecular flexibility index (Phi) is 6.51. The van der Waals surface area contributed by atoms with E-state index in [4.69, 9.17) is 0 Å². The summed E-state index contributed by atoms with van der Waals surface area (Å²) < 4.78 is 0. The number of hydrogen-bond acceptors (Lipinski definition) is 6. The lowest BCUT2D eigenvalue weighted by molar-refractivity contribution is -0.118. The third-order valence-corrected chi connectivity index (χ3v) is 7.00. The van der Waals surface area contributed by atoms with Crippen molar-refractivity contribution in [2.24, 2.45) is 0 Å². The molecular weight excluding hydrogens is 404 g/mol. The fraction of sp³-hybridized carbons (Fsp3) is 0.381. The summed E-state index contributed by atoms with van der Waals surface area (Å²) in [5.41, 5.74) is 2.24. The smallest absolute Gasteiger partial charge is 0.259 e. The number of fused-ring (bicyclic) bond motifs is 3. The second-order valence-corrected chi connectivity index (χ2v) is 9.11. The summed E-state index contributed by atoms with van der Waals surface area (Å²) in [6, 6.07) is 10.0. The average Bonchev–Trinajstić information content (AvgIpc) is 3.29. The van der Waals surface area contributed by atoms with Crippen LogP contribution in [0.5, 0.6) is 0 Å². The Morgan fingerprint density at radius 1 is 1.21 bits per heavy atom. The zero-order valence-electron chi connectivity index (χ0n) is 16.1. The van der Waals surface area contributed by atoms with Crippen molar-refractivity contribution >= 4 is 44.9 Å². The van der Waals surface area contributed by atoms with Crippen LogP contribution in [0.4, 0.5) is 5.69 Å². The average molecular weight is 429 g/mol. The first-order valence-corrected chi connectivity index (χ1v) is 11.8. The van der Waals surface area contributed by atoms with Crippen molar-refractivity contribution < 1.29 is 4.79 Å². The highest BCUT2D eigenvalue weighted by Gasteiger charge is 2.21. The molecule has 0 unspecified atom stereocenters. The number of rotatable bonds is 9. The maximum atomic E-state index is 12.4. The molecule has 0 saturated heterocycles. The van der Waals surface area contributed by atoms with Gasteiger partial charge < -0.3 is 15.6 Å². The predicted octanol–water partition coefficient (Wildman–Crippen LogP) is 3.32. The summed E-state index contributed by atoms with van der Waals surface area (Å²) >= 11 is 3.11. The van der Waals surface area contributed by atoms with Crippen molar-refractivity contribution in [2.75, 3.05) is 24.2 Å². The van der Waals surface area contributed by atoms with Crippen LogP contribution in [0.3, 0.4) is 0 Å². The number of H-pyrrole nitrogens is 1. The van der Waals surface area contributed by atoms with Crippen molar-refractivity contribution in [3.05, 3.63) is 57.0 Å². The van der Waals surface area contributed by atoms with Crippen molar-refractivity contribution in [1.29, 1.82) is 0 Å². The van der Waals surface area contributed by atoms with Crippen molar-refractivity contribution in [1.82, 2.24) is 15.3 Å². The van der Waals surface area contributed by atoms with Crippen LogP contribution in [0, 0.1) is 0 Å². The van der Waals surface area contributed by atoms with Gasteiger partial charge in [0, 0.05) is 23.7 Å². The summed E-state index contributed by atoms with van der Waals surface area (Å²) in [6.07, 6.45) is 4.03. The maximum Gasteiger partial charge on any atom is 0.259 e. The molecule has 1 amide bonds. The van der Waals surface area contributed by atoms with Crippen LogP contribution in [-0.2, 0) is 23.4 Å². The van der Waals surface area contributed by atoms with E-state index in [9.17, 15) is 9.59 Å². The van der Waals surface area contributed by atoms with E-state index in [0.29, 0.717) is 23.9 Å². The first-order chi connectivity index (χ1) is 14.2. The molecule has 2 heterocycles. The van der Waals surface area contributed by atoms with Crippen LogP contribution in [0.15, 0.2) is 35.1 Å². The van der Waals surface area contributed by atoms with Gasteiger partial charge in [0.1, 0.15) is 10.7 Å². The van der Waals surface area contributed by atoms with E-state index in [1.165, 1.54) is 22.2 Å². The first-order valence-electron chi connectivity index (χ1n) is 9.87. The molecule has 3 aromatic rings. The standard InChI is InChI=1S/C21H24N4O2S2/c26-18(23-11-5-10-22-14-6-2-1-3-7-14)13-28-12-17-24-20(27)19-15-8-4-9-16(15)29-21(19)25-17/h1-3,6-7,22H,4-5,8-13H2,(H,23,26)(H,24,25,27). The van der Waals surface area contributed by atoms with E-state index in [2.05, 4.69) is 20.6 Å². The number of aryl methyl sites for hydroxylation is 2. The topological polar surface area (TPSA) is 86.9 Å². The summed E-state index contributed by atoms with van der Waals surface area (Å²) in [6.45, 7) is 1.45. The second kappa shape index (κ2) is 9.45. The largest absolute Gasteiger partial charge is 0.385 e. The number of amides is 1. The minimum atomic E-state index is -0.0413. The first kappa shape index (κ1) is 20.0. The van der Waals surface area contributed by atoms with Gasteiger partial charge in [0.05, 0.1) is 16.9 Å². The zero-order valence-corrected chi connectivity index (χ0v) is 17.8. The molecule has 0 fully saturated rings. The van der Waals surface area contributed by atoms with Gasteiger partial charge in [-0.2, -0.15) is 0 Å². The summed E-state index contributed by atoms with van der Waals surface area (Å²) in [5, 5.41) is 7.03. The lowest BCUT2D eigenvalue weighted by Crippen LogP contribution is -2.27. The summed E-state index contributed by atoms with van der Waals surface area (Å²) in [5.74, 6) is 1.53. The molecule has 0 radical (unpaired) electrons. The number of aromatic amines is 1. The number of aromatic nitrogens is 2. The van der Waals surface area contributed by atoms with Gasteiger partial charge in [0.15, 0.2) is 0 Å². The van der Waals surface area contributed by atoms with E-state index >= 15 is 0 Å². The third-order valence-electron chi connectivity index (χ3n) is 4.87. The monoisotopic (exact) mass is 428 g/mol. The van der Waals surface area contributed by atoms with E-state index in [1.54, 1.807) is 11.3 Å². The van der Waals surface area contributed by atoms with Crippen molar-refractivity contribution in [3.63, 3.8) is 0 Å². The Labute approximate surface area is 177 Å². The highest BCUT2D eigenvalue weighted by Crippen LogP contribution is 2.34. The van der Waals surface area contributed by atoms with Gasteiger partial charge in [-0.05, 0) is 43.4 Å². The molecule has 29 heavy (non-hydrogen) atoms. The van der Waals surface area contributed by atoms with Gasteiger partial charge in [-0.1, -0.05) is 18.2 Å². The van der Waals surface area contributed by atoms with E-state index in [0.717, 1.165) is 48.1 Å². The lowest BCUT2D eigenvalue weighted by Gasteiger charge is -2.07. The van der Waals surface area contributed by atoms with E-state index in [-0.39, 0.29) is 11.5 Å². The molecule has 6 nitrogen and oxygen atoms in total. The number of nitrogens with zero attached hydrogens (tertiary/aromatic N) is 1. The highest BCUT2D eigenvalue weighted by molar-refractivity contribution is 7.99. The molecular formula is C21H24N4O2S2. The van der Waals surface area contributed by atoms with Gasteiger partial charge in [0.25, 0.3) is 5.56 Å². The molecule has 4 rings (SSSR count). The lowest BCUT2D eigenvalue weighted by atomic mass is 10.2. The Hall–Kier alpha value is -2.32. The van der Waals surface area contributed by atoms with E-state index < -0.39 is 0 Å². The second-order valence-electron chi connectivity index (χ2n) is 7.04. The van der Waals surface area contributed by atoms with Gasteiger partial charge in [-0.15, -0.1) is 23.1 Å². The fourth-order valence-electron chi connectivity index (χ4n) is 3.51. The predicted molar refractivity (Wildman–Crippen MR) is 121 cm³/mol. The minimum absolute atomic E-state index is 0.00763. The Bertz CT molecular complexity index is 1050. The molecule has 0 atom stereocenters. The number of para-hydroxylation sites is 1. The summed E-state index contributed by atoms with van der Waals surface area (Å²) in [4.78, 5) is 34.1. The Morgan fingerprint density at radius 3 is 2.93 bits per heavy atom. The number of hydrogen-bond donors (Lipinski definition) is 3. The normalized spacial score (nSPS) is 12.8. The van der Waals surface area contributed by atoms with Crippen molar-refractivity contribution in [3.8, 4) is 0 Å². The van der Waals surface area contributed by atoms with Crippen LogP contribution >= 0.6 is 23.1 Å². The molecule has 152 valence electrons. The molecule has 0 bridgehead atoms. The Morgan fingerprint density at radius 2 is 2.07 bits per heavy atom. The molecule has 3 N–H and O–H groups in total. The number of carbonyl (C=O) groups excluding carboxylic acids is 1. The number of nitrogens with one attached hydrogen (secondary N) is 3. The number of benzene rings is 1. The van der Waals surface area contributed by atoms with Crippen LogP contribution in [0.2, 0.25) is 0 Å². The SMILES string of the molecule is O=C(CSCc1nc2sc3c(c2c(=O)[nH]1)CCC3)NCCCNc1ccccc1. The number of anilines is 1. The Balaban J connectivity index is 1.18. The zero-order chi connectivity index (χ0) is 20.1. The van der Waals surface area contributed by atoms with Crippen LogP contribution in [-0.4, -0.2) is 34.7 Å². The molecule has 0 spiro atoms. The molecule has 1 aliphatic rings. The highest BCUT2D eigenvalue weighted by atomic mass is 32.2. The van der Waals surface area contributed by atoms with Crippen molar-refractivity contribution in [2.45, 2.75) is 31.4 Å². The summed E-state index contributed by atoms with van der Waals surface area (Å²) in [7, 11) is 0. The van der Waals surface area contributed by atoms with E-state index in [1.807, 2.05) is 30.3 Å². The quantitative estimate of drug-likeness (QED) is 0.455.